The highest BCUT2D eigenvalue weighted by atomic mass is 35.5. The molecule has 0 saturated carbocycles. The van der Waals surface area contributed by atoms with Gasteiger partial charge < -0.3 is 14.7 Å². The maximum atomic E-state index is 13.6. The normalized spacial score (nSPS) is 18.0. The number of amides is 1. The lowest BCUT2D eigenvalue weighted by Gasteiger charge is -2.29. The van der Waals surface area contributed by atoms with Gasteiger partial charge >= 0.3 is 0 Å². The van der Waals surface area contributed by atoms with Crippen LogP contribution < -0.4 is 4.74 Å². The highest BCUT2D eigenvalue weighted by molar-refractivity contribution is 6.35. The smallest absolute Gasteiger partial charge is 0.236 e. The molecule has 1 N–H and O–H groups in total. The number of carbonyl (C=O) groups excluding carboxylic acids is 1. The second kappa shape index (κ2) is 9.30. The lowest BCUT2D eigenvalue weighted by atomic mass is 10.1. The molecule has 29 heavy (non-hydrogen) atoms. The molecule has 5 nitrogen and oxygen atoms in total. The number of nitrogens with zero attached hydrogens (tertiary/aromatic N) is 2. The Morgan fingerprint density at radius 2 is 2.00 bits per heavy atom. The van der Waals surface area contributed by atoms with Crippen LogP contribution >= 0.6 is 23.2 Å². The Balaban J connectivity index is 1.57. The average Bonchev–Trinajstić information content (AvgIpc) is 2.99. The van der Waals surface area contributed by atoms with Gasteiger partial charge in [-0.1, -0.05) is 35.3 Å². The Kier molecular flexibility index (Phi) is 7.01. The summed E-state index contributed by atoms with van der Waals surface area (Å²) in [7, 11) is 3.44. The van der Waals surface area contributed by atoms with E-state index in [1.807, 2.05) is 0 Å². The van der Waals surface area contributed by atoms with E-state index < -0.39 is 11.9 Å². The van der Waals surface area contributed by atoms with Crippen molar-refractivity contribution in [3.05, 3.63) is 63.4 Å². The van der Waals surface area contributed by atoms with E-state index in [0.29, 0.717) is 23.0 Å². The quantitative estimate of drug-likeness (QED) is 0.714. The molecule has 0 spiro atoms. The highest BCUT2D eigenvalue weighted by Gasteiger charge is 2.36. The molecule has 156 valence electrons. The standard InChI is InChI=1S/C21H23Cl2FN2O3/c1-25(7-8-29-19-6-4-3-5-17(19)24)20(28)12-26(2)21-15-9-13(22)10-16(23)14(15)11-18(21)27/h3-6,9-10,18,21,27H,7-8,11-12H2,1-2H3. The van der Waals surface area contributed by atoms with Crippen molar-refractivity contribution in [3.8, 4) is 5.75 Å². The average molecular weight is 441 g/mol. The molecule has 1 aliphatic carbocycles. The van der Waals surface area contributed by atoms with Gasteiger partial charge in [0.1, 0.15) is 6.61 Å². The van der Waals surface area contributed by atoms with Gasteiger partial charge in [-0.05, 0) is 42.4 Å². The highest BCUT2D eigenvalue weighted by Crippen LogP contribution is 2.40. The molecule has 0 aliphatic heterocycles. The van der Waals surface area contributed by atoms with Gasteiger partial charge in [0.25, 0.3) is 0 Å². The van der Waals surface area contributed by atoms with E-state index in [2.05, 4.69) is 0 Å². The minimum atomic E-state index is -0.673. The number of likely N-dealkylation sites (N-methyl/N-ethyl adjacent to an activating group) is 2. The molecular formula is C21H23Cl2FN2O3. The van der Waals surface area contributed by atoms with Crippen LogP contribution in [0.1, 0.15) is 17.2 Å². The van der Waals surface area contributed by atoms with Crippen molar-refractivity contribution >= 4 is 29.1 Å². The first-order valence-corrected chi connectivity index (χ1v) is 10.0. The molecule has 0 radical (unpaired) electrons. The maximum Gasteiger partial charge on any atom is 0.236 e. The number of aliphatic hydroxyl groups is 1. The summed E-state index contributed by atoms with van der Waals surface area (Å²) in [5.74, 6) is -0.421. The summed E-state index contributed by atoms with van der Waals surface area (Å²) >= 11 is 12.4. The number of aliphatic hydroxyl groups excluding tert-OH is 1. The van der Waals surface area contributed by atoms with E-state index in [9.17, 15) is 14.3 Å². The van der Waals surface area contributed by atoms with E-state index in [4.69, 9.17) is 27.9 Å². The Hall–Kier alpha value is -1.86. The largest absolute Gasteiger partial charge is 0.489 e. The number of rotatable bonds is 7. The molecule has 0 saturated heterocycles. The van der Waals surface area contributed by atoms with E-state index in [1.54, 1.807) is 49.3 Å². The lowest BCUT2D eigenvalue weighted by molar-refractivity contribution is -0.132. The number of halogens is 3. The van der Waals surface area contributed by atoms with Crippen LogP contribution in [0.25, 0.3) is 0 Å². The van der Waals surface area contributed by atoms with E-state index in [1.165, 1.54) is 11.0 Å². The molecule has 2 unspecified atom stereocenters. The third-order valence-corrected chi connectivity index (χ3v) is 5.65. The molecule has 2 aromatic carbocycles. The second-order valence-electron chi connectivity index (χ2n) is 7.18. The van der Waals surface area contributed by atoms with Crippen LogP contribution in [0.3, 0.4) is 0 Å². The van der Waals surface area contributed by atoms with Gasteiger partial charge in [-0.15, -0.1) is 0 Å². The number of hydrogen-bond donors (Lipinski definition) is 1. The molecule has 0 fully saturated rings. The number of hydrogen-bond acceptors (Lipinski definition) is 4. The first-order valence-electron chi connectivity index (χ1n) is 9.25. The van der Waals surface area contributed by atoms with Crippen molar-refractivity contribution in [1.29, 1.82) is 0 Å². The van der Waals surface area contributed by atoms with Crippen LogP contribution in [-0.4, -0.2) is 60.7 Å². The summed E-state index contributed by atoms with van der Waals surface area (Å²) < 4.78 is 19.0. The van der Waals surface area contributed by atoms with E-state index >= 15 is 0 Å². The van der Waals surface area contributed by atoms with Crippen LogP contribution in [0.5, 0.6) is 5.75 Å². The molecule has 2 atom stereocenters. The fraction of sp³-hybridized carbons (Fsp3) is 0.381. The Morgan fingerprint density at radius 1 is 1.28 bits per heavy atom. The summed E-state index contributed by atoms with van der Waals surface area (Å²) in [4.78, 5) is 15.9. The lowest BCUT2D eigenvalue weighted by Crippen LogP contribution is -2.41. The van der Waals surface area contributed by atoms with Gasteiger partial charge in [0.2, 0.25) is 5.91 Å². The predicted molar refractivity (Wildman–Crippen MR) is 111 cm³/mol. The monoisotopic (exact) mass is 440 g/mol. The van der Waals surface area contributed by atoms with Crippen molar-refractivity contribution in [3.63, 3.8) is 0 Å². The third kappa shape index (κ3) is 5.01. The number of carbonyl (C=O) groups is 1. The first-order chi connectivity index (χ1) is 13.8. The number of para-hydroxylation sites is 1. The zero-order chi connectivity index (χ0) is 21.1. The molecule has 2 aromatic rings. The Labute approximate surface area is 179 Å². The molecule has 0 bridgehead atoms. The topological polar surface area (TPSA) is 53.0 Å². The van der Waals surface area contributed by atoms with Crippen LogP contribution in [0, 0.1) is 5.82 Å². The molecule has 1 aliphatic rings. The van der Waals surface area contributed by atoms with Gasteiger partial charge in [0.05, 0.1) is 25.2 Å². The number of ether oxygens (including phenoxy) is 1. The van der Waals surface area contributed by atoms with Crippen LogP contribution in [0.15, 0.2) is 36.4 Å². The number of fused-ring (bicyclic) bond motifs is 1. The summed E-state index contributed by atoms with van der Waals surface area (Å²) in [5.41, 5.74) is 1.70. The predicted octanol–water partition coefficient (Wildman–Crippen LogP) is 3.56. The maximum absolute atomic E-state index is 13.6. The van der Waals surface area contributed by atoms with Crippen molar-refractivity contribution in [1.82, 2.24) is 9.80 Å². The van der Waals surface area contributed by atoms with Gasteiger partial charge in [0, 0.05) is 23.5 Å². The van der Waals surface area contributed by atoms with Crippen LogP contribution in [0.4, 0.5) is 4.39 Å². The number of benzene rings is 2. The summed E-state index contributed by atoms with van der Waals surface area (Å²) in [6.07, 6.45) is -0.255. The molecule has 1 amide bonds. The Bertz CT molecular complexity index is 896. The second-order valence-corrected chi connectivity index (χ2v) is 8.02. The van der Waals surface area contributed by atoms with Crippen molar-refractivity contribution in [2.24, 2.45) is 0 Å². The summed E-state index contributed by atoms with van der Waals surface area (Å²) in [6.45, 7) is 0.580. The third-order valence-electron chi connectivity index (χ3n) is 5.10. The van der Waals surface area contributed by atoms with Gasteiger partial charge in [-0.2, -0.15) is 0 Å². The van der Waals surface area contributed by atoms with Crippen LogP contribution in [0.2, 0.25) is 10.0 Å². The zero-order valence-electron chi connectivity index (χ0n) is 16.2. The van der Waals surface area contributed by atoms with Gasteiger partial charge in [0.15, 0.2) is 11.6 Å². The minimum Gasteiger partial charge on any atom is -0.489 e. The molecule has 8 heteroatoms. The van der Waals surface area contributed by atoms with Gasteiger partial charge in [-0.25, -0.2) is 4.39 Å². The van der Waals surface area contributed by atoms with Crippen molar-refractivity contribution in [2.45, 2.75) is 18.6 Å². The zero-order valence-corrected chi connectivity index (χ0v) is 17.8. The fourth-order valence-corrected chi connectivity index (χ4v) is 4.16. The van der Waals surface area contributed by atoms with Crippen molar-refractivity contribution < 1.29 is 19.0 Å². The van der Waals surface area contributed by atoms with Crippen LogP contribution in [-0.2, 0) is 11.2 Å². The van der Waals surface area contributed by atoms with E-state index in [-0.39, 0.29) is 30.9 Å². The first kappa shape index (κ1) is 21.8. The fourth-order valence-electron chi connectivity index (χ4n) is 3.57. The molecular weight excluding hydrogens is 418 g/mol. The molecule has 0 aromatic heterocycles. The SMILES string of the molecule is CN(CCOc1ccccc1F)C(=O)CN(C)C1c2cc(Cl)cc(Cl)c2CC1O. The minimum absolute atomic E-state index is 0.0987. The van der Waals surface area contributed by atoms with Crippen molar-refractivity contribution in [2.75, 3.05) is 33.8 Å². The van der Waals surface area contributed by atoms with Gasteiger partial charge in [-0.3, -0.25) is 9.69 Å². The molecule has 3 rings (SSSR count). The Morgan fingerprint density at radius 3 is 2.72 bits per heavy atom. The van der Waals surface area contributed by atoms with E-state index in [0.717, 1.165) is 11.1 Å². The summed E-state index contributed by atoms with van der Waals surface area (Å²) in [6, 6.07) is 9.22. The molecule has 0 heterocycles. The summed E-state index contributed by atoms with van der Waals surface area (Å²) in [5, 5.41) is 11.5.